The number of fused-ring (bicyclic) bond motifs is 1. The molecule has 0 radical (unpaired) electrons. The number of piperidine rings is 1. The van der Waals surface area contributed by atoms with E-state index in [1.54, 1.807) is 0 Å². The maximum absolute atomic E-state index is 12.6. The molecule has 0 spiro atoms. The minimum Gasteiger partial charge on any atom is -0.351 e. The summed E-state index contributed by atoms with van der Waals surface area (Å²) >= 11 is 0. The van der Waals surface area contributed by atoms with Crippen molar-refractivity contribution in [2.24, 2.45) is 5.92 Å². The highest BCUT2D eigenvalue weighted by Crippen LogP contribution is 2.36. The number of nitro groups is 1. The molecule has 0 unspecified atom stereocenters. The highest BCUT2D eigenvalue weighted by Gasteiger charge is 2.36. The van der Waals surface area contributed by atoms with E-state index < -0.39 is 4.92 Å². The fourth-order valence-corrected chi connectivity index (χ4v) is 3.64. The number of H-pyrrole nitrogens is 1. The number of likely N-dealkylation sites (tertiary alicyclic amines) is 1. The fraction of sp³-hybridized carbons (Fsp3) is 0.643. The van der Waals surface area contributed by atoms with E-state index >= 15 is 0 Å². The van der Waals surface area contributed by atoms with Crippen molar-refractivity contribution < 1.29 is 9.72 Å². The van der Waals surface area contributed by atoms with Crippen LogP contribution < -0.4 is 0 Å². The Hall–Kier alpha value is -1.85. The normalized spacial score (nSPS) is 26.1. The summed E-state index contributed by atoms with van der Waals surface area (Å²) in [6, 6.07) is 1.67. The van der Waals surface area contributed by atoms with E-state index in [0.717, 1.165) is 19.4 Å². The summed E-state index contributed by atoms with van der Waals surface area (Å²) < 4.78 is 0. The second-order valence-electron chi connectivity index (χ2n) is 5.78. The van der Waals surface area contributed by atoms with Crippen LogP contribution in [-0.2, 0) is 0 Å². The van der Waals surface area contributed by atoms with Gasteiger partial charge in [0.1, 0.15) is 5.69 Å². The molecule has 6 heteroatoms. The van der Waals surface area contributed by atoms with Gasteiger partial charge in [0, 0.05) is 18.7 Å². The van der Waals surface area contributed by atoms with Crippen LogP contribution in [0.2, 0.25) is 0 Å². The highest BCUT2D eigenvalue weighted by molar-refractivity contribution is 5.93. The number of carbonyl (C=O) groups is 1. The lowest BCUT2D eigenvalue weighted by Crippen LogP contribution is -2.49. The topological polar surface area (TPSA) is 79.2 Å². The monoisotopic (exact) mass is 277 g/mol. The summed E-state index contributed by atoms with van der Waals surface area (Å²) in [7, 11) is 0. The van der Waals surface area contributed by atoms with Crippen molar-refractivity contribution in [2.45, 2.75) is 44.6 Å². The number of nitrogens with zero attached hydrogens (tertiary/aromatic N) is 2. The number of hydrogen-bond donors (Lipinski definition) is 1. The standard InChI is InChI=1S/C14H19N3O3/c18-14(12-8-11(9-15-12)17(19)20)16-7-3-5-10-4-1-2-6-13(10)16/h8-10,13,15H,1-7H2/t10-,13-/m0/s1. The van der Waals surface area contributed by atoms with Gasteiger partial charge in [-0.3, -0.25) is 14.9 Å². The predicted molar refractivity (Wildman–Crippen MR) is 73.5 cm³/mol. The average Bonchev–Trinajstić information content (AvgIpc) is 2.96. The quantitative estimate of drug-likeness (QED) is 0.666. The Bertz CT molecular complexity index is 523. The van der Waals surface area contributed by atoms with Crippen molar-refractivity contribution in [3.05, 3.63) is 28.1 Å². The molecular weight excluding hydrogens is 258 g/mol. The number of rotatable bonds is 2. The first-order chi connectivity index (χ1) is 9.66. The van der Waals surface area contributed by atoms with Gasteiger partial charge in [0.25, 0.3) is 11.6 Å². The minimum absolute atomic E-state index is 0.0504. The molecule has 0 aromatic carbocycles. The van der Waals surface area contributed by atoms with Gasteiger partial charge in [0.2, 0.25) is 0 Å². The summed E-state index contributed by atoms with van der Waals surface area (Å²) in [6.07, 6.45) is 8.25. The molecule has 2 fully saturated rings. The van der Waals surface area contributed by atoms with Crippen LogP contribution >= 0.6 is 0 Å². The summed E-state index contributed by atoms with van der Waals surface area (Å²) in [5.74, 6) is 0.529. The Balaban J connectivity index is 1.79. The lowest BCUT2D eigenvalue weighted by molar-refractivity contribution is -0.384. The fourth-order valence-electron chi connectivity index (χ4n) is 3.64. The van der Waals surface area contributed by atoms with Crippen molar-refractivity contribution in [3.63, 3.8) is 0 Å². The van der Waals surface area contributed by atoms with Gasteiger partial charge in [-0.25, -0.2) is 0 Å². The molecule has 3 rings (SSSR count). The Morgan fingerprint density at radius 1 is 1.30 bits per heavy atom. The Morgan fingerprint density at radius 3 is 2.80 bits per heavy atom. The van der Waals surface area contributed by atoms with E-state index in [1.165, 1.54) is 37.9 Å². The molecule has 1 aromatic heterocycles. The largest absolute Gasteiger partial charge is 0.351 e. The SMILES string of the molecule is O=C(c1cc([N+](=O)[O-])c[nH]1)N1CCC[C@@H]2CCCC[C@@H]21. The molecule has 1 aliphatic heterocycles. The second-order valence-corrected chi connectivity index (χ2v) is 5.78. The van der Waals surface area contributed by atoms with Gasteiger partial charge in [-0.1, -0.05) is 12.8 Å². The molecule has 1 saturated carbocycles. The van der Waals surface area contributed by atoms with E-state index in [4.69, 9.17) is 0 Å². The number of amides is 1. The maximum atomic E-state index is 12.6. The third kappa shape index (κ3) is 2.30. The number of nitrogens with one attached hydrogen (secondary N) is 1. The summed E-state index contributed by atoms with van der Waals surface area (Å²) in [4.78, 5) is 27.5. The first kappa shape index (κ1) is 13.1. The van der Waals surface area contributed by atoms with Crippen LogP contribution in [0, 0.1) is 16.0 Å². The molecule has 6 nitrogen and oxygen atoms in total. The van der Waals surface area contributed by atoms with Crippen molar-refractivity contribution in [3.8, 4) is 0 Å². The zero-order chi connectivity index (χ0) is 14.1. The predicted octanol–water partition coefficient (Wildman–Crippen LogP) is 2.72. The van der Waals surface area contributed by atoms with Crippen LogP contribution in [0.15, 0.2) is 12.3 Å². The van der Waals surface area contributed by atoms with E-state index in [0.29, 0.717) is 17.7 Å². The zero-order valence-electron chi connectivity index (χ0n) is 11.4. The van der Waals surface area contributed by atoms with Crippen molar-refractivity contribution in [1.29, 1.82) is 0 Å². The van der Waals surface area contributed by atoms with Crippen molar-refractivity contribution in [1.82, 2.24) is 9.88 Å². The molecule has 1 aliphatic carbocycles. The lowest BCUT2D eigenvalue weighted by Gasteiger charge is -2.44. The van der Waals surface area contributed by atoms with Crippen LogP contribution in [0.4, 0.5) is 5.69 Å². The number of aromatic amines is 1. The first-order valence-corrected chi connectivity index (χ1v) is 7.30. The third-order valence-corrected chi connectivity index (χ3v) is 4.61. The van der Waals surface area contributed by atoms with Crippen LogP contribution in [0.3, 0.4) is 0 Å². The molecule has 1 amide bonds. The molecule has 20 heavy (non-hydrogen) atoms. The molecule has 1 saturated heterocycles. The van der Waals surface area contributed by atoms with Gasteiger partial charge < -0.3 is 9.88 Å². The van der Waals surface area contributed by atoms with E-state index in [1.807, 2.05) is 4.90 Å². The van der Waals surface area contributed by atoms with Gasteiger partial charge >= 0.3 is 0 Å². The Kier molecular flexibility index (Phi) is 3.46. The van der Waals surface area contributed by atoms with Crippen LogP contribution in [0.5, 0.6) is 0 Å². The van der Waals surface area contributed by atoms with Gasteiger partial charge in [-0.05, 0) is 31.6 Å². The average molecular weight is 277 g/mol. The second kappa shape index (κ2) is 5.26. The molecule has 108 valence electrons. The van der Waals surface area contributed by atoms with E-state index in [-0.39, 0.29) is 11.6 Å². The lowest BCUT2D eigenvalue weighted by atomic mass is 9.78. The number of hydrogen-bond acceptors (Lipinski definition) is 3. The Morgan fingerprint density at radius 2 is 2.05 bits per heavy atom. The Labute approximate surface area is 117 Å². The summed E-state index contributed by atoms with van der Waals surface area (Å²) in [5.41, 5.74) is 0.286. The van der Waals surface area contributed by atoms with Gasteiger partial charge in [0.15, 0.2) is 0 Å². The molecule has 2 aliphatic rings. The molecule has 2 atom stereocenters. The molecule has 1 aromatic rings. The highest BCUT2D eigenvalue weighted by atomic mass is 16.6. The number of aromatic nitrogens is 1. The first-order valence-electron chi connectivity index (χ1n) is 7.30. The third-order valence-electron chi connectivity index (χ3n) is 4.61. The van der Waals surface area contributed by atoms with Gasteiger partial charge in [0.05, 0.1) is 11.1 Å². The molecule has 2 heterocycles. The van der Waals surface area contributed by atoms with Crippen LogP contribution in [-0.4, -0.2) is 33.3 Å². The van der Waals surface area contributed by atoms with Crippen molar-refractivity contribution >= 4 is 11.6 Å². The molecule has 0 bridgehead atoms. The van der Waals surface area contributed by atoms with Crippen LogP contribution in [0.1, 0.15) is 49.0 Å². The molecule has 1 N–H and O–H groups in total. The number of carbonyl (C=O) groups excluding carboxylic acids is 1. The maximum Gasteiger partial charge on any atom is 0.287 e. The smallest absolute Gasteiger partial charge is 0.287 e. The summed E-state index contributed by atoms with van der Waals surface area (Å²) in [6.45, 7) is 0.771. The van der Waals surface area contributed by atoms with Gasteiger partial charge in [-0.15, -0.1) is 0 Å². The summed E-state index contributed by atoms with van der Waals surface area (Å²) in [5, 5.41) is 10.7. The molecular formula is C14H19N3O3. The van der Waals surface area contributed by atoms with E-state index in [2.05, 4.69) is 4.98 Å². The van der Waals surface area contributed by atoms with Gasteiger partial charge in [-0.2, -0.15) is 0 Å². The van der Waals surface area contributed by atoms with Crippen LogP contribution in [0.25, 0.3) is 0 Å². The van der Waals surface area contributed by atoms with E-state index in [9.17, 15) is 14.9 Å². The minimum atomic E-state index is -0.479. The zero-order valence-corrected chi connectivity index (χ0v) is 11.4. The van der Waals surface area contributed by atoms with Crippen molar-refractivity contribution in [2.75, 3.05) is 6.54 Å².